The Bertz CT molecular complexity index is 1140. The molecule has 1 saturated heterocycles. The molecule has 8 nitrogen and oxygen atoms in total. The second-order valence-electron chi connectivity index (χ2n) is 8.21. The van der Waals surface area contributed by atoms with Crippen LogP contribution in [-0.4, -0.2) is 47.0 Å². The lowest BCUT2D eigenvalue weighted by molar-refractivity contribution is -0.117. The van der Waals surface area contributed by atoms with Crippen molar-refractivity contribution in [3.05, 3.63) is 42.0 Å². The van der Waals surface area contributed by atoms with Crippen LogP contribution in [0.5, 0.6) is 0 Å². The van der Waals surface area contributed by atoms with Gasteiger partial charge < -0.3 is 20.0 Å². The van der Waals surface area contributed by atoms with E-state index in [9.17, 15) is 4.79 Å². The van der Waals surface area contributed by atoms with Crippen molar-refractivity contribution in [1.29, 1.82) is 0 Å². The van der Waals surface area contributed by atoms with Crippen LogP contribution in [0.2, 0.25) is 0 Å². The van der Waals surface area contributed by atoms with Crippen LogP contribution in [0.25, 0.3) is 11.5 Å². The topological polar surface area (TPSA) is 96.2 Å². The molecule has 166 valence electrons. The van der Waals surface area contributed by atoms with Gasteiger partial charge in [-0.1, -0.05) is 11.8 Å². The van der Waals surface area contributed by atoms with Crippen LogP contribution in [-0.2, 0) is 4.79 Å². The Morgan fingerprint density at radius 3 is 2.72 bits per heavy atom. The molecule has 2 N–H and O–H groups in total. The van der Waals surface area contributed by atoms with Crippen LogP contribution >= 0.6 is 11.8 Å². The molecule has 0 bridgehead atoms. The molecule has 5 rings (SSSR count). The van der Waals surface area contributed by atoms with Gasteiger partial charge in [0.2, 0.25) is 5.91 Å². The van der Waals surface area contributed by atoms with E-state index in [0.717, 1.165) is 71.9 Å². The zero-order valence-corrected chi connectivity index (χ0v) is 19.0. The maximum absolute atomic E-state index is 12.1. The first-order valence-electron chi connectivity index (χ1n) is 10.9. The summed E-state index contributed by atoms with van der Waals surface area (Å²) in [5.74, 6) is 2.63. The molecule has 32 heavy (non-hydrogen) atoms. The van der Waals surface area contributed by atoms with Crippen molar-refractivity contribution in [2.45, 2.75) is 36.6 Å². The number of aryl methyl sites for hydroxylation is 2. The molecule has 4 heterocycles. The van der Waals surface area contributed by atoms with Crippen LogP contribution < -0.4 is 15.5 Å². The normalized spacial score (nSPS) is 16.2. The first-order chi connectivity index (χ1) is 15.6. The molecular formula is C23H26N6O2S. The monoisotopic (exact) mass is 450 g/mol. The van der Waals surface area contributed by atoms with Crippen molar-refractivity contribution in [1.82, 2.24) is 20.3 Å². The lowest BCUT2D eigenvalue weighted by atomic mass is 10.2. The minimum Gasteiger partial charge on any atom is -0.460 e. The van der Waals surface area contributed by atoms with Crippen molar-refractivity contribution >= 4 is 29.2 Å². The van der Waals surface area contributed by atoms with E-state index in [1.54, 1.807) is 12.4 Å². The SMILES string of the molecule is Cc1ccc(-c2nc(Sc3cncc(NC(=O)C4CC4)c3)c(C)nc2N2CCNCC2)o1. The number of anilines is 2. The van der Waals surface area contributed by atoms with E-state index >= 15 is 0 Å². The lowest BCUT2D eigenvalue weighted by Gasteiger charge is -2.29. The molecule has 0 spiro atoms. The van der Waals surface area contributed by atoms with Gasteiger partial charge in [0.1, 0.15) is 16.5 Å². The average molecular weight is 451 g/mol. The largest absolute Gasteiger partial charge is 0.460 e. The molecule has 0 radical (unpaired) electrons. The molecule has 1 amide bonds. The average Bonchev–Trinajstić information content (AvgIpc) is 3.57. The van der Waals surface area contributed by atoms with Gasteiger partial charge in [0.25, 0.3) is 0 Å². The third kappa shape index (κ3) is 4.63. The summed E-state index contributed by atoms with van der Waals surface area (Å²) < 4.78 is 5.92. The summed E-state index contributed by atoms with van der Waals surface area (Å²) in [5, 5.41) is 7.13. The Hall–Kier alpha value is -2.91. The summed E-state index contributed by atoms with van der Waals surface area (Å²) in [4.78, 5) is 29.5. The number of carbonyl (C=O) groups is 1. The fourth-order valence-corrected chi connectivity index (χ4v) is 4.51. The zero-order chi connectivity index (χ0) is 22.1. The van der Waals surface area contributed by atoms with Gasteiger partial charge in [0.15, 0.2) is 11.6 Å². The van der Waals surface area contributed by atoms with Gasteiger partial charge in [-0.05, 0) is 44.9 Å². The van der Waals surface area contributed by atoms with Crippen LogP contribution in [0.15, 0.2) is 44.9 Å². The number of aromatic nitrogens is 3. The highest BCUT2D eigenvalue weighted by Crippen LogP contribution is 2.36. The Kier molecular flexibility index (Phi) is 5.84. The first kappa shape index (κ1) is 21.0. The van der Waals surface area contributed by atoms with E-state index in [4.69, 9.17) is 14.4 Å². The van der Waals surface area contributed by atoms with Crippen LogP contribution in [0.3, 0.4) is 0 Å². The second kappa shape index (κ2) is 8.91. The molecule has 0 unspecified atom stereocenters. The molecule has 1 aliphatic heterocycles. The molecule has 1 saturated carbocycles. The van der Waals surface area contributed by atoms with Gasteiger partial charge in [-0.2, -0.15) is 0 Å². The third-order valence-electron chi connectivity index (χ3n) is 5.54. The number of hydrogen-bond donors (Lipinski definition) is 2. The quantitative estimate of drug-likeness (QED) is 0.587. The van der Waals surface area contributed by atoms with Crippen LogP contribution in [0.4, 0.5) is 11.5 Å². The number of rotatable bonds is 6. The second-order valence-corrected chi connectivity index (χ2v) is 9.27. The van der Waals surface area contributed by atoms with E-state index in [1.165, 1.54) is 11.8 Å². The number of furan rings is 1. The number of carbonyl (C=O) groups excluding carboxylic acids is 1. The fraction of sp³-hybridized carbons (Fsp3) is 0.391. The van der Waals surface area contributed by atoms with E-state index in [2.05, 4.69) is 20.5 Å². The molecule has 2 fully saturated rings. The van der Waals surface area contributed by atoms with Crippen LogP contribution in [0, 0.1) is 19.8 Å². The summed E-state index contributed by atoms with van der Waals surface area (Å²) in [6.45, 7) is 7.49. The third-order valence-corrected chi connectivity index (χ3v) is 6.58. The molecule has 3 aromatic heterocycles. The fourth-order valence-electron chi connectivity index (χ4n) is 3.66. The number of piperazine rings is 1. The lowest BCUT2D eigenvalue weighted by Crippen LogP contribution is -2.44. The molecule has 9 heteroatoms. The van der Waals surface area contributed by atoms with Gasteiger partial charge in [-0.15, -0.1) is 0 Å². The smallest absolute Gasteiger partial charge is 0.227 e. The number of nitrogens with one attached hydrogen (secondary N) is 2. The minimum atomic E-state index is 0.0702. The molecule has 0 atom stereocenters. The molecule has 1 aliphatic carbocycles. The molecular weight excluding hydrogens is 424 g/mol. The Morgan fingerprint density at radius 1 is 1.19 bits per heavy atom. The number of hydrogen-bond acceptors (Lipinski definition) is 8. The Labute approximate surface area is 191 Å². The van der Waals surface area contributed by atoms with Gasteiger partial charge in [-0.25, -0.2) is 9.97 Å². The Balaban J connectivity index is 1.45. The van der Waals surface area contributed by atoms with Crippen molar-refractivity contribution in [2.24, 2.45) is 5.92 Å². The molecule has 2 aliphatic rings. The maximum atomic E-state index is 12.1. The Morgan fingerprint density at radius 2 is 2.00 bits per heavy atom. The predicted octanol–water partition coefficient (Wildman–Crippen LogP) is 3.66. The van der Waals surface area contributed by atoms with Gasteiger partial charge in [0.05, 0.1) is 17.6 Å². The predicted molar refractivity (Wildman–Crippen MR) is 124 cm³/mol. The number of nitrogens with zero attached hydrogens (tertiary/aromatic N) is 4. The van der Waals surface area contributed by atoms with E-state index in [1.807, 2.05) is 32.0 Å². The minimum absolute atomic E-state index is 0.0702. The highest BCUT2D eigenvalue weighted by Gasteiger charge is 2.29. The highest BCUT2D eigenvalue weighted by molar-refractivity contribution is 7.99. The van der Waals surface area contributed by atoms with Gasteiger partial charge in [0, 0.05) is 43.2 Å². The van der Waals surface area contributed by atoms with E-state index in [-0.39, 0.29) is 11.8 Å². The molecule has 3 aromatic rings. The van der Waals surface area contributed by atoms with Crippen molar-refractivity contribution < 1.29 is 9.21 Å². The number of pyridine rings is 1. The summed E-state index contributed by atoms with van der Waals surface area (Å²) in [5.41, 5.74) is 2.30. The van der Waals surface area contributed by atoms with Crippen LogP contribution in [0.1, 0.15) is 24.3 Å². The summed E-state index contributed by atoms with van der Waals surface area (Å²) >= 11 is 1.49. The summed E-state index contributed by atoms with van der Waals surface area (Å²) in [7, 11) is 0. The van der Waals surface area contributed by atoms with Gasteiger partial charge in [-0.3, -0.25) is 9.78 Å². The maximum Gasteiger partial charge on any atom is 0.227 e. The highest BCUT2D eigenvalue weighted by atomic mass is 32.2. The number of amides is 1. The van der Waals surface area contributed by atoms with Crippen molar-refractivity contribution in [3.63, 3.8) is 0 Å². The van der Waals surface area contributed by atoms with Crippen molar-refractivity contribution in [3.8, 4) is 11.5 Å². The van der Waals surface area contributed by atoms with E-state index in [0.29, 0.717) is 11.4 Å². The standard InChI is InChI=1S/C23H26N6O2S/c1-14-3-6-19(31-14)20-21(29-9-7-24-8-10-29)26-15(2)23(28-20)32-18-11-17(12-25-13-18)27-22(30)16-4-5-16/h3,6,11-13,16,24H,4-5,7-10H2,1-2H3,(H,27,30). The molecule has 0 aromatic carbocycles. The van der Waals surface area contributed by atoms with E-state index < -0.39 is 0 Å². The zero-order valence-electron chi connectivity index (χ0n) is 18.2. The van der Waals surface area contributed by atoms with Crippen molar-refractivity contribution in [2.75, 3.05) is 36.4 Å². The summed E-state index contributed by atoms with van der Waals surface area (Å²) in [6, 6.07) is 5.82. The van der Waals surface area contributed by atoms with Gasteiger partial charge >= 0.3 is 0 Å². The summed E-state index contributed by atoms with van der Waals surface area (Å²) in [6.07, 6.45) is 5.39. The first-order valence-corrected chi connectivity index (χ1v) is 11.7.